The molecule has 1 amide bonds. The molecule has 0 bridgehead atoms. The van der Waals surface area contributed by atoms with Gasteiger partial charge < -0.3 is 19.2 Å². The first-order valence-electron chi connectivity index (χ1n) is 9.07. The van der Waals surface area contributed by atoms with Crippen LogP contribution in [0.5, 0.6) is 5.75 Å². The van der Waals surface area contributed by atoms with E-state index in [4.69, 9.17) is 14.5 Å². The molecule has 0 saturated carbocycles. The fourth-order valence-electron chi connectivity index (χ4n) is 3.36. The van der Waals surface area contributed by atoms with Crippen molar-refractivity contribution >= 4 is 27.9 Å². The van der Waals surface area contributed by atoms with Crippen molar-refractivity contribution in [2.75, 3.05) is 25.6 Å². The van der Waals surface area contributed by atoms with E-state index in [-0.39, 0.29) is 5.91 Å². The molecule has 1 saturated heterocycles. The number of aromatic nitrogens is 3. The number of fused-ring (bicyclic) bond motifs is 1. The number of rotatable bonds is 5. The van der Waals surface area contributed by atoms with Gasteiger partial charge in [-0.2, -0.15) is 0 Å². The van der Waals surface area contributed by atoms with E-state index < -0.39 is 0 Å². The van der Waals surface area contributed by atoms with Gasteiger partial charge in [-0.25, -0.2) is 9.97 Å². The number of ether oxygens (including phenoxy) is 2. The lowest BCUT2D eigenvalue weighted by Gasteiger charge is -2.19. The largest absolute Gasteiger partial charge is 0.496 e. The SMILES string of the molecule is CCc1ncsc1NC(=O)c1cn2cc(C3CCOCC3)nc2cc1OC. The van der Waals surface area contributed by atoms with Crippen LogP contribution in [0.4, 0.5) is 5.00 Å². The molecule has 1 fully saturated rings. The Morgan fingerprint density at radius 3 is 2.96 bits per heavy atom. The van der Waals surface area contributed by atoms with Crippen LogP contribution in [-0.4, -0.2) is 40.6 Å². The summed E-state index contributed by atoms with van der Waals surface area (Å²) in [4.78, 5) is 21.9. The molecule has 1 aliphatic heterocycles. The summed E-state index contributed by atoms with van der Waals surface area (Å²) in [5.41, 5.74) is 4.91. The maximum absolute atomic E-state index is 12.8. The third kappa shape index (κ3) is 3.54. The van der Waals surface area contributed by atoms with Crippen LogP contribution in [-0.2, 0) is 11.2 Å². The number of nitrogens with zero attached hydrogens (tertiary/aromatic N) is 3. The van der Waals surface area contributed by atoms with Crippen molar-refractivity contribution in [2.45, 2.75) is 32.1 Å². The Morgan fingerprint density at radius 2 is 2.22 bits per heavy atom. The lowest BCUT2D eigenvalue weighted by Crippen LogP contribution is -2.14. The summed E-state index contributed by atoms with van der Waals surface area (Å²) in [5.74, 6) is 0.687. The molecule has 0 atom stereocenters. The number of nitrogens with one attached hydrogen (secondary N) is 1. The number of hydrogen-bond donors (Lipinski definition) is 1. The Hall–Kier alpha value is -2.45. The average molecular weight is 386 g/mol. The van der Waals surface area contributed by atoms with E-state index >= 15 is 0 Å². The van der Waals surface area contributed by atoms with Crippen LogP contribution in [0, 0.1) is 0 Å². The molecule has 142 valence electrons. The van der Waals surface area contributed by atoms with Crippen molar-refractivity contribution in [3.63, 3.8) is 0 Å². The van der Waals surface area contributed by atoms with Gasteiger partial charge in [-0.15, -0.1) is 11.3 Å². The number of amides is 1. The van der Waals surface area contributed by atoms with Gasteiger partial charge >= 0.3 is 0 Å². The Balaban J connectivity index is 1.66. The summed E-state index contributed by atoms with van der Waals surface area (Å²) in [7, 11) is 1.56. The highest BCUT2D eigenvalue weighted by atomic mass is 32.1. The van der Waals surface area contributed by atoms with Crippen LogP contribution < -0.4 is 10.1 Å². The molecule has 4 heterocycles. The minimum absolute atomic E-state index is 0.214. The minimum Gasteiger partial charge on any atom is -0.496 e. The normalized spacial score (nSPS) is 15.2. The van der Waals surface area contributed by atoms with Crippen molar-refractivity contribution in [1.29, 1.82) is 0 Å². The fraction of sp³-hybridized carbons (Fsp3) is 0.421. The number of thiazole rings is 1. The summed E-state index contributed by atoms with van der Waals surface area (Å²) in [6.07, 6.45) is 6.50. The zero-order valence-electron chi connectivity index (χ0n) is 15.4. The topological polar surface area (TPSA) is 77.8 Å². The van der Waals surface area contributed by atoms with E-state index in [9.17, 15) is 4.79 Å². The van der Waals surface area contributed by atoms with Crippen molar-refractivity contribution in [1.82, 2.24) is 14.4 Å². The number of aryl methyl sites for hydroxylation is 1. The van der Waals surface area contributed by atoms with Gasteiger partial charge in [-0.1, -0.05) is 6.92 Å². The first-order chi connectivity index (χ1) is 13.2. The number of carbonyl (C=O) groups excluding carboxylic acids is 1. The molecule has 27 heavy (non-hydrogen) atoms. The van der Waals surface area contributed by atoms with Crippen LogP contribution in [0.1, 0.15) is 47.4 Å². The van der Waals surface area contributed by atoms with Crippen molar-refractivity contribution in [3.05, 3.63) is 40.9 Å². The molecular formula is C19H22N4O3S. The van der Waals surface area contributed by atoms with Crippen LogP contribution in [0.2, 0.25) is 0 Å². The second kappa shape index (κ2) is 7.66. The summed E-state index contributed by atoms with van der Waals surface area (Å²) in [5, 5.41) is 3.73. The molecule has 0 aliphatic carbocycles. The van der Waals surface area contributed by atoms with E-state index in [2.05, 4.69) is 10.3 Å². The molecule has 3 aromatic rings. The minimum atomic E-state index is -0.214. The monoisotopic (exact) mass is 386 g/mol. The second-order valence-corrected chi connectivity index (χ2v) is 7.36. The number of imidazole rings is 1. The van der Waals surface area contributed by atoms with Crippen molar-refractivity contribution < 1.29 is 14.3 Å². The highest BCUT2D eigenvalue weighted by Crippen LogP contribution is 2.29. The third-order valence-corrected chi connectivity index (χ3v) is 5.66. The van der Waals surface area contributed by atoms with E-state index in [1.807, 2.05) is 23.6 Å². The van der Waals surface area contributed by atoms with Crippen LogP contribution in [0.25, 0.3) is 5.65 Å². The van der Waals surface area contributed by atoms with Gasteiger partial charge in [0, 0.05) is 37.6 Å². The molecule has 7 nitrogen and oxygen atoms in total. The van der Waals surface area contributed by atoms with Gasteiger partial charge in [0.2, 0.25) is 0 Å². The predicted molar refractivity (Wildman–Crippen MR) is 104 cm³/mol. The quantitative estimate of drug-likeness (QED) is 0.726. The molecular weight excluding hydrogens is 364 g/mol. The number of pyridine rings is 1. The van der Waals surface area contributed by atoms with Crippen LogP contribution in [0.15, 0.2) is 24.0 Å². The highest BCUT2D eigenvalue weighted by molar-refractivity contribution is 7.14. The molecule has 0 unspecified atom stereocenters. The van der Waals surface area contributed by atoms with Gasteiger partial charge in [0.1, 0.15) is 16.4 Å². The molecule has 8 heteroatoms. The summed E-state index contributed by atoms with van der Waals surface area (Å²) in [6.45, 7) is 3.55. The molecule has 0 aromatic carbocycles. The zero-order valence-corrected chi connectivity index (χ0v) is 16.2. The van der Waals surface area contributed by atoms with Gasteiger partial charge in [0.15, 0.2) is 0 Å². The second-order valence-electron chi connectivity index (χ2n) is 6.51. The van der Waals surface area contributed by atoms with E-state index in [0.717, 1.165) is 54.5 Å². The number of carbonyl (C=O) groups is 1. The Bertz CT molecular complexity index is 959. The number of methoxy groups -OCH3 is 1. The Labute approximate surface area is 161 Å². The van der Waals surface area contributed by atoms with Crippen LogP contribution >= 0.6 is 11.3 Å². The number of anilines is 1. The number of hydrogen-bond acceptors (Lipinski definition) is 6. The summed E-state index contributed by atoms with van der Waals surface area (Å²) >= 11 is 1.42. The molecule has 0 radical (unpaired) electrons. The summed E-state index contributed by atoms with van der Waals surface area (Å²) in [6, 6.07) is 1.81. The fourth-order valence-corrected chi connectivity index (χ4v) is 4.13. The predicted octanol–water partition coefficient (Wildman–Crippen LogP) is 3.51. The Kier molecular flexibility index (Phi) is 5.09. The molecule has 0 spiro atoms. The maximum Gasteiger partial charge on any atom is 0.261 e. The smallest absolute Gasteiger partial charge is 0.261 e. The highest BCUT2D eigenvalue weighted by Gasteiger charge is 2.21. The van der Waals surface area contributed by atoms with E-state index in [0.29, 0.717) is 17.2 Å². The average Bonchev–Trinajstić information content (AvgIpc) is 3.33. The third-order valence-electron chi connectivity index (χ3n) is 4.88. The molecule has 4 rings (SSSR count). The lowest BCUT2D eigenvalue weighted by molar-refractivity contribution is 0.0846. The van der Waals surface area contributed by atoms with Gasteiger partial charge in [-0.05, 0) is 19.3 Å². The Morgan fingerprint density at radius 1 is 1.41 bits per heavy atom. The summed E-state index contributed by atoms with van der Waals surface area (Å²) < 4.78 is 12.8. The maximum atomic E-state index is 12.8. The van der Waals surface area contributed by atoms with E-state index in [1.54, 1.807) is 18.8 Å². The zero-order chi connectivity index (χ0) is 18.8. The molecule has 1 N–H and O–H groups in total. The van der Waals surface area contributed by atoms with Crippen LogP contribution in [0.3, 0.4) is 0 Å². The van der Waals surface area contributed by atoms with Crippen molar-refractivity contribution in [3.8, 4) is 5.75 Å². The van der Waals surface area contributed by atoms with Gasteiger partial charge in [0.25, 0.3) is 5.91 Å². The first-order valence-corrected chi connectivity index (χ1v) is 9.95. The first kappa shape index (κ1) is 17.9. The lowest BCUT2D eigenvalue weighted by atomic mass is 9.97. The van der Waals surface area contributed by atoms with Gasteiger partial charge in [-0.3, -0.25) is 4.79 Å². The molecule has 1 aliphatic rings. The van der Waals surface area contributed by atoms with Crippen molar-refractivity contribution in [2.24, 2.45) is 0 Å². The van der Waals surface area contributed by atoms with E-state index in [1.165, 1.54) is 11.3 Å². The standard InChI is InChI=1S/C19H22N4O3S/c1-3-14-19(27-11-20-14)22-18(24)13-9-23-10-15(12-4-6-26-7-5-12)21-17(23)8-16(13)25-2/h8-12H,3-7H2,1-2H3,(H,22,24). The molecule has 3 aromatic heterocycles. The van der Waals surface area contributed by atoms with Gasteiger partial charge in [0.05, 0.1) is 29.6 Å².